The van der Waals surface area contributed by atoms with Gasteiger partial charge in [-0.1, -0.05) is 13.8 Å². The van der Waals surface area contributed by atoms with E-state index in [1.165, 1.54) is 0 Å². The van der Waals surface area contributed by atoms with Gasteiger partial charge >= 0.3 is 0 Å². The molecule has 0 atom stereocenters. The van der Waals surface area contributed by atoms with Crippen LogP contribution in [-0.2, 0) is 0 Å². The zero-order valence-corrected chi connectivity index (χ0v) is 13.6. The first-order valence-electron chi connectivity index (χ1n) is 7.54. The lowest BCUT2D eigenvalue weighted by atomic mass is 10.1. The van der Waals surface area contributed by atoms with E-state index in [4.69, 9.17) is 4.74 Å². The van der Waals surface area contributed by atoms with Crippen LogP contribution in [0.3, 0.4) is 0 Å². The molecular weight excluding hydrogens is 290 g/mol. The molecule has 5 heteroatoms. The highest BCUT2D eigenvalue weighted by Gasteiger charge is 2.04. The average molecular weight is 311 g/mol. The minimum absolute atomic E-state index is 0.261. The smallest absolute Gasteiger partial charge is 0.271 e. The fourth-order valence-electron chi connectivity index (χ4n) is 1.82. The monoisotopic (exact) mass is 311 g/mol. The van der Waals surface area contributed by atoms with Gasteiger partial charge in [0.25, 0.3) is 5.91 Å². The first-order chi connectivity index (χ1) is 11.1. The van der Waals surface area contributed by atoms with E-state index in [0.29, 0.717) is 18.1 Å². The first kappa shape index (κ1) is 16.7. The number of amides is 1. The number of carbonyl (C=O) groups is 1. The van der Waals surface area contributed by atoms with Gasteiger partial charge in [-0.3, -0.25) is 9.78 Å². The lowest BCUT2D eigenvalue weighted by molar-refractivity contribution is 0.0954. The normalized spacial score (nSPS) is 11.4. The SMILES string of the molecule is C/C(=N/NC(=O)c1ccncc1)c1ccc(OCC(C)C)cc1. The van der Waals surface area contributed by atoms with Gasteiger partial charge in [0, 0.05) is 18.0 Å². The first-order valence-corrected chi connectivity index (χ1v) is 7.54. The quantitative estimate of drug-likeness (QED) is 0.658. The molecular formula is C18H21N3O2. The number of nitrogens with zero attached hydrogens (tertiary/aromatic N) is 2. The fraction of sp³-hybridized carbons (Fsp3) is 0.278. The largest absolute Gasteiger partial charge is 0.493 e. The van der Waals surface area contributed by atoms with Crippen LogP contribution in [0.5, 0.6) is 5.75 Å². The molecule has 0 saturated heterocycles. The Labute approximate surface area is 136 Å². The van der Waals surface area contributed by atoms with Crippen molar-refractivity contribution in [1.82, 2.24) is 10.4 Å². The summed E-state index contributed by atoms with van der Waals surface area (Å²) >= 11 is 0. The van der Waals surface area contributed by atoms with Crippen LogP contribution in [0.1, 0.15) is 36.7 Å². The van der Waals surface area contributed by atoms with E-state index in [1.54, 1.807) is 24.5 Å². The summed E-state index contributed by atoms with van der Waals surface area (Å²) in [5, 5.41) is 4.13. The van der Waals surface area contributed by atoms with E-state index < -0.39 is 0 Å². The van der Waals surface area contributed by atoms with E-state index in [-0.39, 0.29) is 5.91 Å². The number of aromatic nitrogens is 1. The number of hydrogen-bond acceptors (Lipinski definition) is 4. The van der Waals surface area contributed by atoms with Crippen molar-refractivity contribution in [2.75, 3.05) is 6.61 Å². The van der Waals surface area contributed by atoms with Gasteiger partial charge < -0.3 is 4.74 Å². The van der Waals surface area contributed by atoms with E-state index in [2.05, 4.69) is 29.4 Å². The van der Waals surface area contributed by atoms with Crippen molar-refractivity contribution in [3.05, 3.63) is 59.9 Å². The van der Waals surface area contributed by atoms with Crippen LogP contribution < -0.4 is 10.2 Å². The Morgan fingerprint density at radius 3 is 2.39 bits per heavy atom. The summed E-state index contributed by atoms with van der Waals surface area (Å²) in [6, 6.07) is 10.9. The van der Waals surface area contributed by atoms with Crippen molar-refractivity contribution in [2.24, 2.45) is 11.0 Å². The van der Waals surface area contributed by atoms with E-state index >= 15 is 0 Å². The lowest BCUT2D eigenvalue weighted by Gasteiger charge is -2.09. The van der Waals surface area contributed by atoms with Gasteiger partial charge in [0.1, 0.15) is 5.75 Å². The highest BCUT2D eigenvalue weighted by molar-refractivity contribution is 6.00. The van der Waals surface area contributed by atoms with Gasteiger partial charge in [0.15, 0.2) is 0 Å². The minimum Gasteiger partial charge on any atom is -0.493 e. The molecule has 2 rings (SSSR count). The second kappa shape index (κ2) is 8.08. The zero-order chi connectivity index (χ0) is 16.7. The highest BCUT2D eigenvalue weighted by atomic mass is 16.5. The van der Waals surface area contributed by atoms with E-state index in [0.717, 1.165) is 17.0 Å². The predicted molar refractivity (Wildman–Crippen MR) is 90.7 cm³/mol. The lowest BCUT2D eigenvalue weighted by Crippen LogP contribution is -2.19. The van der Waals surface area contributed by atoms with Gasteiger partial charge in [-0.25, -0.2) is 5.43 Å². The molecule has 5 nitrogen and oxygen atoms in total. The molecule has 23 heavy (non-hydrogen) atoms. The maximum atomic E-state index is 11.9. The topological polar surface area (TPSA) is 63.6 Å². The second-order valence-electron chi connectivity index (χ2n) is 5.60. The number of rotatable bonds is 6. The Bertz CT molecular complexity index is 664. The molecule has 0 bridgehead atoms. The summed E-state index contributed by atoms with van der Waals surface area (Å²) in [5.41, 5.74) is 4.72. The van der Waals surface area contributed by atoms with Crippen LogP contribution in [0.15, 0.2) is 53.9 Å². The van der Waals surface area contributed by atoms with Crippen LogP contribution in [0.25, 0.3) is 0 Å². The molecule has 0 radical (unpaired) electrons. The Kier molecular flexibility index (Phi) is 5.86. The number of hydrogen-bond donors (Lipinski definition) is 1. The number of pyridine rings is 1. The predicted octanol–water partition coefficient (Wildman–Crippen LogP) is 3.27. The fourth-order valence-corrected chi connectivity index (χ4v) is 1.82. The third-order valence-electron chi connectivity index (χ3n) is 3.12. The summed E-state index contributed by atoms with van der Waals surface area (Å²) in [6.45, 7) is 6.75. The van der Waals surface area contributed by atoms with Crippen LogP contribution >= 0.6 is 0 Å². The zero-order valence-electron chi connectivity index (χ0n) is 13.6. The molecule has 0 aliphatic rings. The Hall–Kier alpha value is -2.69. The van der Waals surface area contributed by atoms with Crippen molar-refractivity contribution in [2.45, 2.75) is 20.8 Å². The van der Waals surface area contributed by atoms with Gasteiger partial charge in [-0.05, 0) is 54.8 Å². The molecule has 0 fully saturated rings. The van der Waals surface area contributed by atoms with Crippen molar-refractivity contribution in [3.8, 4) is 5.75 Å². The maximum Gasteiger partial charge on any atom is 0.271 e. The third-order valence-corrected chi connectivity index (χ3v) is 3.12. The van der Waals surface area contributed by atoms with Crippen LogP contribution in [0.4, 0.5) is 0 Å². The van der Waals surface area contributed by atoms with Crippen LogP contribution in [-0.4, -0.2) is 23.2 Å². The molecule has 1 N–H and O–H groups in total. The molecule has 120 valence electrons. The van der Waals surface area contributed by atoms with Crippen molar-refractivity contribution < 1.29 is 9.53 Å². The molecule has 0 aliphatic heterocycles. The van der Waals surface area contributed by atoms with Crippen LogP contribution in [0, 0.1) is 5.92 Å². The molecule has 1 heterocycles. The standard InChI is InChI=1S/C18H21N3O2/c1-13(2)12-23-17-6-4-15(5-7-17)14(3)20-21-18(22)16-8-10-19-11-9-16/h4-11,13H,12H2,1-3H3,(H,21,22)/b20-14-. The average Bonchev–Trinajstić information content (AvgIpc) is 2.58. The number of hydrazone groups is 1. The van der Waals surface area contributed by atoms with Gasteiger partial charge in [0.2, 0.25) is 0 Å². The molecule has 0 saturated carbocycles. The number of benzene rings is 1. The molecule has 1 aromatic heterocycles. The van der Waals surface area contributed by atoms with Crippen molar-refractivity contribution in [3.63, 3.8) is 0 Å². The number of nitrogens with one attached hydrogen (secondary N) is 1. The summed E-state index contributed by atoms with van der Waals surface area (Å²) in [6.07, 6.45) is 3.14. The molecule has 0 aliphatic carbocycles. The number of carbonyl (C=O) groups excluding carboxylic acids is 1. The minimum atomic E-state index is -0.261. The Morgan fingerprint density at radius 1 is 1.13 bits per heavy atom. The molecule has 0 unspecified atom stereocenters. The third kappa shape index (κ3) is 5.21. The van der Waals surface area contributed by atoms with Crippen molar-refractivity contribution in [1.29, 1.82) is 0 Å². The van der Waals surface area contributed by atoms with Crippen molar-refractivity contribution >= 4 is 11.6 Å². The number of ether oxygens (including phenoxy) is 1. The highest BCUT2D eigenvalue weighted by Crippen LogP contribution is 2.13. The maximum absolute atomic E-state index is 11.9. The van der Waals surface area contributed by atoms with Crippen LogP contribution in [0.2, 0.25) is 0 Å². The molecule has 0 spiro atoms. The molecule has 2 aromatic rings. The molecule has 1 amide bonds. The van der Waals surface area contributed by atoms with E-state index in [1.807, 2.05) is 31.2 Å². The Morgan fingerprint density at radius 2 is 1.78 bits per heavy atom. The second-order valence-corrected chi connectivity index (χ2v) is 5.60. The van der Waals surface area contributed by atoms with Gasteiger partial charge in [-0.15, -0.1) is 0 Å². The van der Waals surface area contributed by atoms with Gasteiger partial charge in [0.05, 0.1) is 12.3 Å². The molecule has 1 aromatic carbocycles. The summed E-state index contributed by atoms with van der Waals surface area (Å²) < 4.78 is 5.64. The summed E-state index contributed by atoms with van der Waals surface area (Å²) in [7, 11) is 0. The summed E-state index contributed by atoms with van der Waals surface area (Å²) in [4.78, 5) is 15.8. The van der Waals surface area contributed by atoms with Gasteiger partial charge in [-0.2, -0.15) is 5.10 Å². The summed E-state index contributed by atoms with van der Waals surface area (Å²) in [5.74, 6) is 1.06. The van der Waals surface area contributed by atoms with E-state index in [9.17, 15) is 4.79 Å². The Balaban J connectivity index is 1.96.